The van der Waals surface area contributed by atoms with Crippen molar-refractivity contribution in [3.63, 3.8) is 0 Å². The average Bonchev–Trinajstić information content (AvgIpc) is 3.21. The van der Waals surface area contributed by atoms with Crippen LogP contribution in [0, 0.1) is 0 Å². The van der Waals surface area contributed by atoms with Crippen LogP contribution in [0.1, 0.15) is 12.0 Å². The van der Waals surface area contributed by atoms with E-state index in [-0.39, 0.29) is 18.9 Å². The first-order chi connectivity index (χ1) is 17.4. The molecule has 0 radical (unpaired) electrons. The molecule has 0 unspecified atom stereocenters. The molecule has 4 rings (SSSR count). The minimum atomic E-state index is -0.972. The maximum absolute atomic E-state index is 13.5. The minimum absolute atomic E-state index is 0.117. The van der Waals surface area contributed by atoms with Crippen molar-refractivity contribution in [3.05, 3.63) is 78.4 Å². The summed E-state index contributed by atoms with van der Waals surface area (Å²) in [6.07, 6.45) is -0.128. The van der Waals surface area contributed by atoms with Crippen LogP contribution in [0.2, 0.25) is 0 Å². The fraction of sp³-hybridized carbons (Fsp3) is 0.222. The Bertz CT molecular complexity index is 1230. The average molecular weight is 490 g/mol. The maximum Gasteiger partial charge on any atom is 0.322 e. The lowest BCUT2D eigenvalue weighted by Crippen LogP contribution is -2.46. The van der Waals surface area contributed by atoms with E-state index in [2.05, 4.69) is 5.32 Å². The van der Waals surface area contributed by atoms with Crippen molar-refractivity contribution >= 4 is 29.2 Å². The number of anilines is 2. The third-order valence-electron chi connectivity index (χ3n) is 5.94. The molecule has 1 N–H and O–H groups in total. The van der Waals surface area contributed by atoms with Gasteiger partial charge in [-0.15, -0.1) is 0 Å². The van der Waals surface area contributed by atoms with E-state index < -0.39 is 18.0 Å². The van der Waals surface area contributed by atoms with Gasteiger partial charge in [0.05, 0.1) is 33.4 Å². The number of carbonyl (C=O) groups excluding carboxylic acids is 3. The number of amides is 4. The van der Waals surface area contributed by atoms with Crippen LogP contribution < -0.4 is 24.4 Å². The van der Waals surface area contributed by atoms with Crippen LogP contribution >= 0.6 is 0 Å². The predicted octanol–water partition coefficient (Wildman–Crippen LogP) is 4.08. The molecular formula is C27H27N3O6. The highest BCUT2D eigenvalue weighted by atomic mass is 16.5. The summed E-state index contributed by atoms with van der Waals surface area (Å²) < 4.78 is 15.5. The lowest BCUT2D eigenvalue weighted by atomic mass is 10.1. The van der Waals surface area contributed by atoms with Crippen molar-refractivity contribution in [1.82, 2.24) is 4.90 Å². The maximum atomic E-state index is 13.5. The molecule has 0 saturated carbocycles. The summed E-state index contributed by atoms with van der Waals surface area (Å²) in [5, 5.41) is 2.83. The largest absolute Gasteiger partial charge is 0.497 e. The van der Waals surface area contributed by atoms with E-state index in [9.17, 15) is 14.4 Å². The second-order valence-electron chi connectivity index (χ2n) is 8.12. The zero-order valence-corrected chi connectivity index (χ0v) is 20.3. The van der Waals surface area contributed by atoms with Gasteiger partial charge in [0.15, 0.2) is 0 Å². The molecule has 0 aliphatic carbocycles. The topological polar surface area (TPSA) is 97.4 Å². The SMILES string of the molecule is COc1ccc(CN(C(=O)Nc2ccc(OC)cc2)[C@@H]2CC(=O)N(c3ccc(OC)cc3)C2=O)cc1. The smallest absolute Gasteiger partial charge is 0.322 e. The Kier molecular flexibility index (Phi) is 7.39. The molecule has 1 aliphatic rings. The van der Waals surface area contributed by atoms with Gasteiger partial charge >= 0.3 is 6.03 Å². The number of methoxy groups -OCH3 is 3. The van der Waals surface area contributed by atoms with Gasteiger partial charge in [-0.2, -0.15) is 0 Å². The Hall–Kier alpha value is -4.53. The number of hydrogen-bond donors (Lipinski definition) is 1. The second-order valence-corrected chi connectivity index (χ2v) is 8.12. The van der Waals surface area contributed by atoms with Crippen molar-refractivity contribution in [2.45, 2.75) is 19.0 Å². The molecule has 0 aromatic heterocycles. The lowest BCUT2D eigenvalue weighted by Gasteiger charge is -2.28. The fourth-order valence-electron chi connectivity index (χ4n) is 3.98. The summed E-state index contributed by atoms with van der Waals surface area (Å²) in [6.45, 7) is 0.117. The Morgan fingerprint density at radius 2 is 1.33 bits per heavy atom. The molecule has 3 aromatic rings. The summed E-state index contributed by atoms with van der Waals surface area (Å²) in [4.78, 5) is 42.3. The third-order valence-corrected chi connectivity index (χ3v) is 5.94. The van der Waals surface area contributed by atoms with Crippen molar-refractivity contribution in [3.8, 4) is 17.2 Å². The van der Waals surface area contributed by atoms with Crippen LogP contribution in [0.4, 0.5) is 16.2 Å². The van der Waals surface area contributed by atoms with Gasteiger partial charge < -0.3 is 24.4 Å². The first-order valence-electron chi connectivity index (χ1n) is 11.3. The van der Waals surface area contributed by atoms with E-state index in [1.807, 2.05) is 12.1 Å². The summed E-state index contributed by atoms with van der Waals surface area (Å²) in [5.41, 5.74) is 1.74. The highest BCUT2D eigenvalue weighted by Gasteiger charge is 2.44. The summed E-state index contributed by atoms with van der Waals surface area (Å²) in [7, 11) is 4.66. The molecule has 1 heterocycles. The summed E-state index contributed by atoms with van der Waals surface area (Å²) >= 11 is 0. The van der Waals surface area contributed by atoms with E-state index in [0.717, 1.165) is 10.5 Å². The van der Waals surface area contributed by atoms with Gasteiger partial charge in [-0.1, -0.05) is 12.1 Å². The predicted molar refractivity (Wildman–Crippen MR) is 134 cm³/mol. The van der Waals surface area contributed by atoms with Crippen molar-refractivity contribution in [2.75, 3.05) is 31.5 Å². The molecular weight excluding hydrogens is 462 g/mol. The van der Waals surface area contributed by atoms with E-state index in [1.54, 1.807) is 74.9 Å². The standard InChI is InChI=1S/C27H27N3O6/c1-34-21-10-4-18(5-11-21)17-29(27(33)28-19-6-12-22(35-2)13-7-19)24-16-25(31)30(26(24)32)20-8-14-23(36-3)15-9-20/h4-15,24H,16-17H2,1-3H3,(H,28,33)/t24-/m1/s1. The highest BCUT2D eigenvalue weighted by Crippen LogP contribution is 2.29. The molecule has 1 aliphatic heterocycles. The fourth-order valence-corrected chi connectivity index (χ4v) is 3.98. The molecule has 36 heavy (non-hydrogen) atoms. The molecule has 0 spiro atoms. The van der Waals surface area contributed by atoms with Gasteiger partial charge in [0.2, 0.25) is 5.91 Å². The van der Waals surface area contributed by atoms with Gasteiger partial charge in [0.25, 0.3) is 5.91 Å². The zero-order valence-electron chi connectivity index (χ0n) is 20.3. The number of nitrogens with one attached hydrogen (secondary N) is 1. The number of ether oxygens (including phenoxy) is 3. The number of benzene rings is 3. The van der Waals surface area contributed by atoms with Crippen LogP contribution in [0.25, 0.3) is 0 Å². The number of imide groups is 1. The van der Waals surface area contributed by atoms with Gasteiger partial charge in [0.1, 0.15) is 23.3 Å². The minimum Gasteiger partial charge on any atom is -0.497 e. The molecule has 9 nitrogen and oxygen atoms in total. The van der Waals surface area contributed by atoms with Crippen LogP contribution in [-0.4, -0.2) is 50.1 Å². The van der Waals surface area contributed by atoms with E-state index in [1.165, 1.54) is 12.0 Å². The number of rotatable bonds is 8. The molecule has 0 bridgehead atoms. The number of nitrogens with zero attached hydrogens (tertiary/aromatic N) is 2. The van der Waals surface area contributed by atoms with Crippen LogP contribution in [0.15, 0.2) is 72.8 Å². The lowest BCUT2D eigenvalue weighted by molar-refractivity contribution is -0.122. The van der Waals surface area contributed by atoms with E-state index in [0.29, 0.717) is 28.6 Å². The summed E-state index contributed by atoms with van der Waals surface area (Å²) in [5.74, 6) is 1.07. The van der Waals surface area contributed by atoms with Crippen molar-refractivity contribution in [1.29, 1.82) is 0 Å². The van der Waals surface area contributed by atoms with E-state index in [4.69, 9.17) is 14.2 Å². The first-order valence-corrected chi connectivity index (χ1v) is 11.3. The molecule has 4 amide bonds. The Morgan fingerprint density at radius 3 is 1.86 bits per heavy atom. The van der Waals surface area contributed by atoms with Crippen molar-refractivity contribution in [2.24, 2.45) is 0 Å². The monoisotopic (exact) mass is 489 g/mol. The van der Waals surface area contributed by atoms with Crippen molar-refractivity contribution < 1.29 is 28.6 Å². The van der Waals surface area contributed by atoms with Crippen LogP contribution in [-0.2, 0) is 16.1 Å². The molecule has 3 aromatic carbocycles. The molecule has 1 fully saturated rings. The Balaban J connectivity index is 1.61. The first kappa shape index (κ1) is 24.6. The quantitative estimate of drug-likeness (QED) is 0.479. The third kappa shape index (κ3) is 5.25. The second kappa shape index (κ2) is 10.8. The number of hydrogen-bond acceptors (Lipinski definition) is 6. The van der Waals surface area contributed by atoms with Gasteiger partial charge in [0, 0.05) is 12.2 Å². The number of urea groups is 1. The normalized spacial score (nSPS) is 15.0. The van der Waals surface area contributed by atoms with Crippen LogP contribution in [0.3, 0.4) is 0 Å². The van der Waals surface area contributed by atoms with E-state index >= 15 is 0 Å². The molecule has 186 valence electrons. The Labute approximate surface area is 209 Å². The van der Waals surface area contributed by atoms with Gasteiger partial charge in [-0.05, 0) is 66.2 Å². The Morgan fingerprint density at radius 1 is 0.833 bits per heavy atom. The zero-order chi connectivity index (χ0) is 25.7. The molecule has 1 saturated heterocycles. The number of carbonyl (C=O) groups is 3. The van der Waals surface area contributed by atoms with Gasteiger partial charge in [-0.25, -0.2) is 9.69 Å². The molecule has 9 heteroatoms. The van der Waals surface area contributed by atoms with Crippen LogP contribution in [0.5, 0.6) is 17.2 Å². The molecule has 1 atom stereocenters. The van der Waals surface area contributed by atoms with Gasteiger partial charge in [-0.3, -0.25) is 9.59 Å². The summed E-state index contributed by atoms with van der Waals surface area (Å²) in [6, 6.07) is 19.2. The highest BCUT2D eigenvalue weighted by molar-refractivity contribution is 6.23.